The molecule has 4 rings (SSSR count). The van der Waals surface area contributed by atoms with E-state index in [2.05, 4.69) is 6.58 Å². The lowest BCUT2D eigenvalue weighted by Gasteiger charge is -2.23. The van der Waals surface area contributed by atoms with E-state index in [1.807, 2.05) is 91.0 Å². The Morgan fingerprint density at radius 3 is 1.68 bits per heavy atom. The number of ether oxygens (including phenoxy) is 4. The summed E-state index contributed by atoms with van der Waals surface area (Å²) >= 11 is 0. The van der Waals surface area contributed by atoms with Crippen LogP contribution in [0.3, 0.4) is 0 Å². The smallest absolute Gasteiger partial charge is 0.151 e. The summed E-state index contributed by atoms with van der Waals surface area (Å²) in [6.45, 7) is 5.95. The van der Waals surface area contributed by atoms with Gasteiger partial charge in [-0.3, -0.25) is 0 Å². The summed E-state index contributed by atoms with van der Waals surface area (Å²) in [4.78, 5) is 0. The van der Waals surface area contributed by atoms with Gasteiger partial charge in [-0.15, -0.1) is 0 Å². The van der Waals surface area contributed by atoms with Crippen molar-refractivity contribution in [2.24, 2.45) is 0 Å². The zero-order valence-corrected chi connectivity index (χ0v) is 17.6. The van der Waals surface area contributed by atoms with Gasteiger partial charge in [-0.25, -0.2) is 0 Å². The molecule has 3 aromatic carbocycles. The van der Waals surface area contributed by atoms with Gasteiger partial charge in [-0.1, -0.05) is 97.6 Å². The number of rotatable bonds is 10. The molecular weight excluding hydrogens is 388 g/mol. The van der Waals surface area contributed by atoms with E-state index in [4.69, 9.17) is 18.9 Å². The Kier molecular flexibility index (Phi) is 7.51. The number of hydrogen-bond donors (Lipinski definition) is 0. The third-order valence-electron chi connectivity index (χ3n) is 5.24. The van der Waals surface area contributed by atoms with Crippen LogP contribution in [-0.4, -0.2) is 24.9 Å². The van der Waals surface area contributed by atoms with Crippen molar-refractivity contribution in [3.8, 4) is 0 Å². The maximum Gasteiger partial charge on any atom is 0.151 e. The predicted octanol–water partition coefficient (Wildman–Crippen LogP) is 5.29. The third kappa shape index (κ3) is 6.05. The average Bonchev–Trinajstić information content (AvgIpc) is 3.12. The van der Waals surface area contributed by atoms with Gasteiger partial charge in [0, 0.05) is 0 Å². The molecule has 0 aliphatic carbocycles. The molecule has 1 fully saturated rings. The highest BCUT2D eigenvalue weighted by atomic mass is 16.6. The largest absolute Gasteiger partial charge is 0.487 e. The van der Waals surface area contributed by atoms with Crippen LogP contribution in [0.1, 0.15) is 16.7 Å². The van der Waals surface area contributed by atoms with Gasteiger partial charge in [0.15, 0.2) is 6.10 Å². The Bertz CT molecular complexity index is 927. The molecule has 1 aliphatic rings. The van der Waals surface area contributed by atoms with Crippen molar-refractivity contribution in [1.29, 1.82) is 0 Å². The van der Waals surface area contributed by atoms with Gasteiger partial charge in [0.25, 0.3) is 0 Å². The quantitative estimate of drug-likeness (QED) is 0.450. The van der Waals surface area contributed by atoms with Gasteiger partial charge in [0.2, 0.25) is 0 Å². The van der Waals surface area contributed by atoms with E-state index in [0.717, 1.165) is 16.7 Å². The van der Waals surface area contributed by atoms with Gasteiger partial charge >= 0.3 is 0 Å². The average molecular weight is 417 g/mol. The molecule has 0 saturated carbocycles. The normalized spacial score (nSPS) is 20.5. The van der Waals surface area contributed by atoms with Crippen LogP contribution < -0.4 is 0 Å². The molecule has 2 unspecified atom stereocenters. The first-order valence-corrected chi connectivity index (χ1v) is 10.6. The lowest BCUT2D eigenvalue weighted by Crippen LogP contribution is -2.37. The van der Waals surface area contributed by atoms with Gasteiger partial charge in [0.1, 0.15) is 18.0 Å². The molecule has 3 aromatic rings. The van der Waals surface area contributed by atoms with Crippen molar-refractivity contribution in [3.05, 3.63) is 120 Å². The highest BCUT2D eigenvalue weighted by Crippen LogP contribution is 2.30. The summed E-state index contributed by atoms with van der Waals surface area (Å²) in [6.07, 6.45) is -0.929. The van der Waals surface area contributed by atoms with Crippen molar-refractivity contribution < 1.29 is 18.9 Å². The molecule has 31 heavy (non-hydrogen) atoms. The van der Waals surface area contributed by atoms with Crippen molar-refractivity contribution >= 4 is 0 Å². The molecule has 0 bridgehead atoms. The monoisotopic (exact) mass is 416 g/mol. The third-order valence-corrected chi connectivity index (χ3v) is 5.24. The van der Waals surface area contributed by atoms with Crippen molar-refractivity contribution in [1.82, 2.24) is 0 Å². The Morgan fingerprint density at radius 2 is 1.13 bits per heavy atom. The van der Waals surface area contributed by atoms with Crippen LogP contribution in [0.15, 0.2) is 103 Å². The first-order valence-electron chi connectivity index (χ1n) is 10.6. The van der Waals surface area contributed by atoms with Gasteiger partial charge in [-0.05, 0) is 16.7 Å². The standard InChI is InChI=1S/C27H28O4/c1-21-26(29-18-23-13-7-3-8-14-23)27(30-19-24-15-9-4-10-16-24)25(31-21)20-28-17-22-11-5-2-6-12-22/h2-16,25-27H,1,17-20H2/t25-,26?,27?/m1/s1. The molecule has 1 heterocycles. The summed E-state index contributed by atoms with van der Waals surface area (Å²) in [5, 5.41) is 0. The van der Waals surface area contributed by atoms with Gasteiger partial charge in [0.05, 0.1) is 26.4 Å². The fourth-order valence-electron chi connectivity index (χ4n) is 3.61. The van der Waals surface area contributed by atoms with E-state index in [1.54, 1.807) is 0 Å². The Balaban J connectivity index is 1.40. The van der Waals surface area contributed by atoms with E-state index >= 15 is 0 Å². The predicted molar refractivity (Wildman–Crippen MR) is 120 cm³/mol. The minimum Gasteiger partial charge on any atom is -0.487 e. The van der Waals surface area contributed by atoms with Crippen LogP contribution in [0.2, 0.25) is 0 Å². The van der Waals surface area contributed by atoms with Gasteiger partial charge < -0.3 is 18.9 Å². The van der Waals surface area contributed by atoms with E-state index in [0.29, 0.717) is 32.2 Å². The van der Waals surface area contributed by atoms with Crippen LogP contribution in [0, 0.1) is 0 Å². The van der Waals surface area contributed by atoms with E-state index in [1.165, 1.54) is 0 Å². The fourth-order valence-corrected chi connectivity index (χ4v) is 3.61. The van der Waals surface area contributed by atoms with Crippen LogP contribution in [0.4, 0.5) is 0 Å². The topological polar surface area (TPSA) is 36.9 Å². The number of hydrogen-bond acceptors (Lipinski definition) is 4. The Labute approximate surface area is 184 Å². The second kappa shape index (κ2) is 10.9. The molecule has 3 atom stereocenters. The molecule has 4 nitrogen and oxygen atoms in total. The zero-order valence-electron chi connectivity index (χ0n) is 17.6. The van der Waals surface area contributed by atoms with Crippen LogP contribution in [-0.2, 0) is 38.8 Å². The molecule has 0 radical (unpaired) electrons. The summed E-state index contributed by atoms with van der Waals surface area (Å²) < 4.78 is 24.5. The SMILES string of the molecule is C=C1O[C@H](COCc2ccccc2)C(OCc2ccccc2)C1OCc1ccccc1. The maximum atomic E-state index is 6.29. The Morgan fingerprint density at radius 1 is 0.645 bits per heavy atom. The first kappa shape index (κ1) is 21.3. The first-order chi connectivity index (χ1) is 15.3. The van der Waals surface area contributed by atoms with E-state index in [-0.39, 0.29) is 18.3 Å². The summed E-state index contributed by atoms with van der Waals surface area (Å²) in [7, 11) is 0. The molecular formula is C27H28O4. The second-order valence-electron chi connectivity index (χ2n) is 7.60. The Hall–Kier alpha value is -2.92. The molecule has 160 valence electrons. The van der Waals surface area contributed by atoms with E-state index < -0.39 is 0 Å². The molecule has 0 spiro atoms. The second-order valence-corrected chi connectivity index (χ2v) is 7.60. The minimum absolute atomic E-state index is 0.277. The highest BCUT2D eigenvalue weighted by molar-refractivity contribution is 5.16. The van der Waals surface area contributed by atoms with Crippen LogP contribution in [0.5, 0.6) is 0 Å². The fraction of sp³-hybridized carbons (Fsp3) is 0.259. The van der Waals surface area contributed by atoms with Gasteiger partial charge in [-0.2, -0.15) is 0 Å². The molecule has 0 amide bonds. The van der Waals surface area contributed by atoms with Crippen molar-refractivity contribution in [2.45, 2.75) is 38.1 Å². The maximum absolute atomic E-state index is 6.29. The molecule has 0 N–H and O–H groups in total. The van der Waals surface area contributed by atoms with Crippen LogP contribution >= 0.6 is 0 Å². The molecule has 0 aromatic heterocycles. The summed E-state index contributed by atoms with van der Waals surface area (Å²) in [5.41, 5.74) is 3.32. The van der Waals surface area contributed by atoms with Crippen molar-refractivity contribution in [3.63, 3.8) is 0 Å². The minimum atomic E-state index is -0.353. The summed E-state index contributed by atoms with van der Waals surface area (Å²) in [5.74, 6) is 0.585. The summed E-state index contributed by atoms with van der Waals surface area (Å²) in [6, 6.07) is 30.3. The van der Waals surface area contributed by atoms with E-state index in [9.17, 15) is 0 Å². The molecule has 4 heteroatoms. The molecule has 1 aliphatic heterocycles. The lowest BCUT2D eigenvalue weighted by molar-refractivity contribution is -0.0894. The lowest BCUT2D eigenvalue weighted by atomic mass is 10.1. The molecule has 1 saturated heterocycles. The zero-order chi connectivity index (χ0) is 21.3. The van der Waals surface area contributed by atoms with Crippen molar-refractivity contribution in [2.75, 3.05) is 6.61 Å². The van der Waals surface area contributed by atoms with Crippen LogP contribution in [0.25, 0.3) is 0 Å². The highest BCUT2D eigenvalue weighted by Gasteiger charge is 2.43. The number of benzene rings is 3.